The summed E-state index contributed by atoms with van der Waals surface area (Å²) in [5.74, 6) is 1.80. The maximum Gasteiger partial charge on any atom is 0.171 e. The lowest BCUT2D eigenvalue weighted by Gasteiger charge is -2.10. The van der Waals surface area contributed by atoms with E-state index >= 15 is 0 Å². The Morgan fingerprint density at radius 2 is 2.00 bits per heavy atom. The molecule has 3 rings (SSSR count). The van der Waals surface area contributed by atoms with Gasteiger partial charge in [0.25, 0.3) is 0 Å². The molecule has 18 heavy (non-hydrogen) atoms. The summed E-state index contributed by atoms with van der Waals surface area (Å²) in [6.07, 6.45) is 4.99. The number of nitrogens with zero attached hydrogens (tertiary/aromatic N) is 2. The number of aromatic nitrogens is 2. The average Bonchev–Trinajstić information content (AvgIpc) is 2.98. The second-order valence-electron chi connectivity index (χ2n) is 4.63. The Morgan fingerprint density at radius 1 is 1.22 bits per heavy atom. The minimum Gasteiger partial charge on any atom is -0.384 e. The van der Waals surface area contributed by atoms with E-state index in [2.05, 4.69) is 9.97 Å². The van der Waals surface area contributed by atoms with Gasteiger partial charge in [0.15, 0.2) is 5.82 Å². The third kappa shape index (κ3) is 2.35. The molecule has 0 saturated heterocycles. The van der Waals surface area contributed by atoms with Gasteiger partial charge in [-0.05, 0) is 25.0 Å². The number of rotatable bonds is 2. The zero-order chi connectivity index (χ0) is 12.5. The Morgan fingerprint density at radius 3 is 2.67 bits per heavy atom. The lowest BCUT2D eigenvalue weighted by atomic mass is 10.0. The van der Waals surface area contributed by atoms with E-state index < -0.39 is 0 Å². The van der Waals surface area contributed by atoms with Gasteiger partial charge in [0.1, 0.15) is 5.82 Å². The van der Waals surface area contributed by atoms with E-state index in [9.17, 15) is 0 Å². The Balaban J connectivity index is 1.99. The normalized spacial score (nSPS) is 16.3. The van der Waals surface area contributed by atoms with Crippen molar-refractivity contribution < 1.29 is 0 Å². The molecule has 0 amide bonds. The fraction of sp³-hybridized carbons (Fsp3) is 0.385. The van der Waals surface area contributed by atoms with E-state index in [1.165, 1.54) is 37.0 Å². The van der Waals surface area contributed by atoms with Crippen LogP contribution >= 0.6 is 22.9 Å². The van der Waals surface area contributed by atoms with E-state index in [0.717, 1.165) is 14.9 Å². The van der Waals surface area contributed by atoms with Gasteiger partial charge >= 0.3 is 0 Å². The van der Waals surface area contributed by atoms with Crippen molar-refractivity contribution in [2.75, 3.05) is 5.73 Å². The third-order valence-electron chi connectivity index (χ3n) is 3.33. The molecule has 0 radical (unpaired) electrons. The van der Waals surface area contributed by atoms with Gasteiger partial charge in [-0.15, -0.1) is 11.3 Å². The number of hydrogen-bond acceptors (Lipinski definition) is 4. The molecule has 0 aliphatic heterocycles. The number of nitrogens with two attached hydrogens (primary N) is 1. The molecule has 1 aliphatic rings. The van der Waals surface area contributed by atoms with E-state index in [0.29, 0.717) is 17.6 Å². The third-order valence-corrected chi connectivity index (χ3v) is 4.56. The molecule has 3 nitrogen and oxygen atoms in total. The average molecular weight is 280 g/mol. The van der Waals surface area contributed by atoms with Gasteiger partial charge in [0.2, 0.25) is 0 Å². The zero-order valence-corrected chi connectivity index (χ0v) is 11.5. The Bertz CT molecular complexity index is 561. The van der Waals surface area contributed by atoms with Crippen LogP contribution < -0.4 is 5.73 Å². The quantitative estimate of drug-likeness (QED) is 0.900. The van der Waals surface area contributed by atoms with Crippen LogP contribution in [0.5, 0.6) is 0 Å². The van der Waals surface area contributed by atoms with Gasteiger partial charge in [-0.25, -0.2) is 9.97 Å². The topological polar surface area (TPSA) is 51.8 Å². The highest BCUT2D eigenvalue weighted by Crippen LogP contribution is 2.35. The SMILES string of the molecule is Nc1cc(C2CCCC2)nc(-c2ccc(Cl)s2)n1. The summed E-state index contributed by atoms with van der Waals surface area (Å²) in [5, 5.41) is 0. The van der Waals surface area contributed by atoms with Crippen LogP contribution in [0.15, 0.2) is 18.2 Å². The number of halogens is 1. The highest BCUT2D eigenvalue weighted by atomic mass is 35.5. The first-order chi connectivity index (χ1) is 8.72. The molecule has 0 bridgehead atoms. The minimum atomic E-state index is 0.546. The van der Waals surface area contributed by atoms with Crippen LogP contribution in [0.2, 0.25) is 4.34 Å². The standard InChI is InChI=1S/C13H14ClN3S/c14-11-6-5-10(18-11)13-16-9(7-12(15)17-13)8-3-1-2-4-8/h5-8H,1-4H2,(H2,15,16,17). The van der Waals surface area contributed by atoms with Crippen LogP contribution in [0.3, 0.4) is 0 Å². The molecule has 0 unspecified atom stereocenters. The molecule has 2 aromatic rings. The molecule has 0 spiro atoms. The van der Waals surface area contributed by atoms with Gasteiger partial charge in [-0.1, -0.05) is 24.4 Å². The first-order valence-corrected chi connectivity index (χ1v) is 7.32. The van der Waals surface area contributed by atoms with Crippen LogP contribution in [-0.4, -0.2) is 9.97 Å². The molecule has 0 aromatic carbocycles. The molecule has 1 fully saturated rings. The van der Waals surface area contributed by atoms with Crippen molar-refractivity contribution in [1.82, 2.24) is 9.97 Å². The van der Waals surface area contributed by atoms with Crippen LogP contribution in [0.1, 0.15) is 37.3 Å². The maximum absolute atomic E-state index is 5.95. The van der Waals surface area contributed by atoms with Gasteiger partial charge in [0, 0.05) is 17.7 Å². The summed E-state index contributed by atoms with van der Waals surface area (Å²) < 4.78 is 0.749. The maximum atomic E-state index is 5.95. The largest absolute Gasteiger partial charge is 0.384 e. The van der Waals surface area contributed by atoms with Crippen LogP contribution in [0, 0.1) is 0 Å². The second-order valence-corrected chi connectivity index (χ2v) is 6.34. The predicted octanol–water partition coefficient (Wildman–Crippen LogP) is 4.10. The van der Waals surface area contributed by atoms with Crippen molar-refractivity contribution >= 4 is 28.8 Å². The summed E-state index contributed by atoms with van der Waals surface area (Å²) in [5.41, 5.74) is 6.97. The van der Waals surface area contributed by atoms with Crippen LogP contribution in [-0.2, 0) is 0 Å². The zero-order valence-electron chi connectivity index (χ0n) is 9.90. The molecule has 5 heteroatoms. The summed E-state index contributed by atoms with van der Waals surface area (Å²) in [6, 6.07) is 5.72. The molecule has 2 aromatic heterocycles. The van der Waals surface area contributed by atoms with Gasteiger partial charge in [0.05, 0.1) is 9.21 Å². The summed E-state index contributed by atoms with van der Waals surface area (Å²) in [4.78, 5) is 9.95. The number of hydrogen-bond donors (Lipinski definition) is 1. The molecular weight excluding hydrogens is 266 g/mol. The van der Waals surface area contributed by atoms with E-state index in [4.69, 9.17) is 17.3 Å². The first-order valence-electron chi connectivity index (χ1n) is 6.12. The monoisotopic (exact) mass is 279 g/mol. The molecule has 1 aliphatic carbocycles. The predicted molar refractivity (Wildman–Crippen MR) is 76.0 cm³/mol. The Hall–Kier alpha value is -1.13. The lowest BCUT2D eigenvalue weighted by Crippen LogP contribution is -2.02. The van der Waals surface area contributed by atoms with Crippen molar-refractivity contribution in [3.63, 3.8) is 0 Å². The number of nitrogen functional groups attached to an aromatic ring is 1. The molecular formula is C13H14ClN3S. The number of thiophene rings is 1. The van der Waals surface area contributed by atoms with Crippen LogP contribution in [0.4, 0.5) is 5.82 Å². The minimum absolute atomic E-state index is 0.546. The van der Waals surface area contributed by atoms with Crippen molar-refractivity contribution in [3.8, 4) is 10.7 Å². The van der Waals surface area contributed by atoms with E-state index in [1.54, 1.807) is 0 Å². The molecule has 1 saturated carbocycles. The van der Waals surface area contributed by atoms with Gasteiger partial charge in [-0.2, -0.15) is 0 Å². The molecule has 0 atom stereocenters. The summed E-state index contributed by atoms with van der Waals surface area (Å²) in [7, 11) is 0. The highest BCUT2D eigenvalue weighted by molar-refractivity contribution is 7.19. The van der Waals surface area contributed by atoms with Crippen molar-refractivity contribution in [3.05, 3.63) is 28.2 Å². The van der Waals surface area contributed by atoms with Gasteiger partial charge in [-0.3, -0.25) is 0 Å². The Labute approximate surface area is 115 Å². The Kier molecular flexibility index (Phi) is 3.22. The number of anilines is 1. The van der Waals surface area contributed by atoms with Crippen LogP contribution in [0.25, 0.3) is 10.7 Å². The summed E-state index contributed by atoms with van der Waals surface area (Å²) in [6.45, 7) is 0. The fourth-order valence-corrected chi connectivity index (χ4v) is 3.44. The van der Waals surface area contributed by atoms with E-state index in [-0.39, 0.29) is 0 Å². The van der Waals surface area contributed by atoms with Crippen molar-refractivity contribution in [2.45, 2.75) is 31.6 Å². The molecule has 94 valence electrons. The fourth-order valence-electron chi connectivity index (χ4n) is 2.46. The molecule has 2 heterocycles. The molecule has 2 N–H and O–H groups in total. The van der Waals surface area contributed by atoms with Gasteiger partial charge < -0.3 is 5.73 Å². The highest BCUT2D eigenvalue weighted by Gasteiger charge is 2.20. The first kappa shape index (κ1) is 11.9. The van der Waals surface area contributed by atoms with E-state index in [1.807, 2.05) is 18.2 Å². The smallest absolute Gasteiger partial charge is 0.171 e. The van der Waals surface area contributed by atoms with Crippen molar-refractivity contribution in [2.24, 2.45) is 0 Å². The summed E-state index contributed by atoms with van der Waals surface area (Å²) >= 11 is 7.43. The lowest BCUT2D eigenvalue weighted by molar-refractivity contribution is 0.696. The van der Waals surface area contributed by atoms with Crippen molar-refractivity contribution in [1.29, 1.82) is 0 Å². The second kappa shape index (κ2) is 4.86.